The lowest BCUT2D eigenvalue weighted by atomic mass is 9.95. The quantitative estimate of drug-likeness (QED) is 0.202. The van der Waals surface area contributed by atoms with Gasteiger partial charge in [0, 0.05) is 16.5 Å². The number of nitrogens with zero attached hydrogens (tertiary/aromatic N) is 3. The van der Waals surface area contributed by atoms with E-state index in [2.05, 4.69) is 23.8 Å². The SMILES string of the molecule is C=CCOC(=O)C1=C(C)Nc2nc(SCCC)nn2C1c1cccc(OCc2ccc(Cl)cc2)c1. The highest BCUT2D eigenvalue weighted by Gasteiger charge is 2.35. The normalized spacial score (nSPS) is 14.8. The Morgan fingerprint density at radius 3 is 2.83 bits per heavy atom. The number of nitrogens with one attached hydrogen (secondary N) is 1. The molecule has 0 saturated heterocycles. The number of carbonyl (C=O) groups excluding carboxylic acids is 1. The summed E-state index contributed by atoms with van der Waals surface area (Å²) in [5.41, 5.74) is 2.97. The summed E-state index contributed by atoms with van der Waals surface area (Å²) in [6, 6.07) is 14.7. The average Bonchev–Trinajstić information content (AvgIpc) is 3.27. The first-order valence-electron chi connectivity index (χ1n) is 11.3. The van der Waals surface area contributed by atoms with E-state index in [-0.39, 0.29) is 6.61 Å². The van der Waals surface area contributed by atoms with Crippen molar-refractivity contribution in [1.29, 1.82) is 0 Å². The topological polar surface area (TPSA) is 78.3 Å². The van der Waals surface area contributed by atoms with Crippen LogP contribution in [0.2, 0.25) is 5.02 Å². The molecule has 182 valence electrons. The van der Waals surface area contributed by atoms with Crippen molar-refractivity contribution in [3.63, 3.8) is 0 Å². The summed E-state index contributed by atoms with van der Waals surface area (Å²) >= 11 is 7.56. The molecule has 0 spiro atoms. The fourth-order valence-electron chi connectivity index (χ4n) is 3.69. The van der Waals surface area contributed by atoms with Crippen molar-refractivity contribution in [3.8, 4) is 5.75 Å². The van der Waals surface area contributed by atoms with E-state index in [1.807, 2.05) is 55.5 Å². The van der Waals surface area contributed by atoms with Crippen molar-refractivity contribution in [2.24, 2.45) is 0 Å². The van der Waals surface area contributed by atoms with Crippen LogP contribution in [0, 0.1) is 0 Å². The number of esters is 1. The molecule has 1 aliphatic heterocycles. The molecular weight excluding hydrogens is 484 g/mol. The van der Waals surface area contributed by atoms with Crippen molar-refractivity contribution >= 4 is 35.3 Å². The Kier molecular flexibility index (Phi) is 8.15. The van der Waals surface area contributed by atoms with Gasteiger partial charge in [0.25, 0.3) is 0 Å². The number of halogens is 1. The van der Waals surface area contributed by atoms with E-state index in [1.54, 1.807) is 22.5 Å². The Morgan fingerprint density at radius 1 is 1.29 bits per heavy atom. The molecule has 0 amide bonds. The van der Waals surface area contributed by atoms with Crippen molar-refractivity contribution in [3.05, 3.63) is 88.6 Å². The molecule has 1 atom stereocenters. The largest absolute Gasteiger partial charge is 0.489 e. The molecule has 0 aliphatic carbocycles. The summed E-state index contributed by atoms with van der Waals surface area (Å²) in [7, 11) is 0. The lowest BCUT2D eigenvalue weighted by Gasteiger charge is -2.28. The van der Waals surface area contributed by atoms with Crippen LogP contribution in [-0.4, -0.2) is 33.1 Å². The number of rotatable bonds is 10. The molecule has 7 nitrogen and oxygen atoms in total. The molecule has 2 aromatic carbocycles. The zero-order valence-corrected chi connectivity index (χ0v) is 21.2. The molecule has 0 bridgehead atoms. The Hall–Kier alpha value is -3.23. The zero-order chi connectivity index (χ0) is 24.8. The third-order valence-electron chi connectivity index (χ3n) is 5.31. The lowest BCUT2D eigenvalue weighted by Crippen LogP contribution is -2.29. The monoisotopic (exact) mass is 510 g/mol. The fraction of sp³-hybridized carbons (Fsp3) is 0.269. The predicted molar refractivity (Wildman–Crippen MR) is 139 cm³/mol. The number of aromatic nitrogens is 3. The first-order chi connectivity index (χ1) is 17.0. The first kappa shape index (κ1) is 24.9. The van der Waals surface area contributed by atoms with Crippen molar-refractivity contribution in [1.82, 2.24) is 14.8 Å². The van der Waals surface area contributed by atoms with Crippen molar-refractivity contribution in [2.75, 3.05) is 17.7 Å². The summed E-state index contributed by atoms with van der Waals surface area (Å²) in [4.78, 5) is 17.7. The second-order valence-corrected chi connectivity index (χ2v) is 9.45. The second-order valence-electron chi connectivity index (χ2n) is 7.95. The maximum Gasteiger partial charge on any atom is 0.338 e. The highest BCUT2D eigenvalue weighted by atomic mass is 35.5. The maximum atomic E-state index is 13.1. The van der Waals surface area contributed by atoms with Crippen LogP contribution >= 0.6 is 23.4 Å². The molecule has 0 fully saturated rings. The summed E-state index contributed by atoms with van der Waals surface area (Å²) in [5.74, 6) is 1.73. The first-order valence-corrected chi connectivity index (χ1v) is 12.7. The van der Waals surface area contributed by atoms with E-state index in [4.69, 9.17) is 26.2 Å². The van der Waals surface area contributed by atoms with Gasteiger partial charge in [-0.3, -0.25) is 0 Å². The van der Waals surface area contributed by atoms with E-state index in [0.717, 1.165) is 23.3 Å². The number of hydrogen-bond acceptors (Lipinski definition) is 7. The van der Waals surface area contributed by atoms with Crippen LogP contribution in [0.3, 0.4) is 0 Å². The van der Waals surface area contributed by atoms with Crippen molar-refractivity contribution in [2.45, 2.75) is 38.1 Å². The van der Waals surface area contributed by atoms with Crippen LogP contribution in [0.1, 0.15) is 37.4 Å². The summed E-state index contributed by atoms with van der Waals surface area (Å²) in [5, 5.41) is 9.27. The van der Waals surface area contributed by atoms with Gasteiger partial charge in [-0.05, 0) is 48.7 Å². The second kappa shape index (κ2) is 11.5. The standard InChI is InChI=1S/C26H27ClN4O3S/c1-4-13-33-24(32)22-17(3)28-25-29-26(35-14-5-2)30-31(25)23(22)19-7-6-8-21(15-19)34-16-18-9-11-20(27)12-10-18/h4,6-12,15,23H,1,5,13-14,16H2,2-3H3,(H,28,29,30). The summed E-state index contributed by atoms with van der Waals surface area (Å²) in [6.45, 7) is 8.10. The molecule has 3 aromatic rings. The highest BCUT2D eigenvalue weighted by Crippen LogP contribution is 2.37. The summed E-state index contributed by atoms with van der Waals surface area (Å²) < 4.78 is 13.2. The smallest absolute Gasteiger partial charge is 0.338 e. The molecular formula is C26H27ClN4O3S. The van der Waals surface area contributed by atoms with Gasteiger partial charge >= 0.3 is 5.97 Å². The minimum absolute atomic E-state index is 0.119. The van der Waals surface area contributed by atoms with Gasteiger partial charge in [0.1, 0.15) is 25.0 Å². The van der Waals surface area contributed by atoms with Gasteiger partial charge in [0.05, 0.1) is 5.57 Å². The van der Waals surface area contributed by atoms with E-state index in [9.17, 15) is 4.79 Å². The minimum atomic E-state index is -0.522. The lowest BCUT2D eigenvalue weighted by molar-refractivity contribution is -0.138. The number of benzene rings is 2. The molecule has 1 unspecified atom stereocenters. The van der Waals surface area contributed by atoms with Gasteiger partial charge in [-0.25, -0.2) is 9.48 Å². The molecule has 1 N–H and O–H groups in total. The number of hydrogen-bond donors (Lipinski definition) is 1. The van der Waals surface area contributed by atoms with E-state index < -0.39 is 12.0 Å². The van der Waals surface area contributed by atoms with Crippen LogP contribution in [0.25, 0.3) is 0 Å². The third kappa shape index (κ3) is 5.89. The van der Waals surface area contributed by atoms with E-state index >= 15 is 0 Å². The van der Waals surface area contributed by atoms with Crippen LogP contribution in [0.5, 0.6) is 5.75 Å². The van der Waals surface area contributed by atoms with Crippen LogP contribution in [0.15, 0.2) is 77.6 Å². The van der Waals surface area contributed by atoms with E-state index in [1.165, 1.54) is 0 Å². The Morgan fingerprint density at radius 2 is 2.09 bits per heavy atom. The Balaban J connectivity index is 1.67. The highest BCUT2D eigenvalue weighted by molar-refractivity contribution is 7.99. The number of ether oxygens (including phenoxy) is 2. The van der Waals surface area contributed by atoms with Crippen LogP contribution in [-0.2, 0) is 16.1 Å². The number of fused-ring (bicyclic) bond motifs is 1. The molecule has 0 saturated carbocycles. The van der Waals surface area contributed by atoms with Gasteiger partial charge in [-0.1, -0.05) is 67.2 Å². The summed E-state index contributed by atoms with van der Waals surface area (Å²) in [6.07, 6.45) is 2.56. The van der Waals surface area contributed by atoms with Gasteiger partial charge in [0.2, 0.25) is 11.1 Å². The van der Waals surface area contributed by atoms with Gasteiger partial charge < -0.3 is 14.8 Å². The van der Waals surface area contributed by atoms with Gasteiger partial charge in [0.15, 0.2) is 0 Å². The maximum absolute atomic E-state index is 13.1. The molecule has 4 rings (SSSR count). The Bertz CT molecular complexity index is 1240. The Labute approximate surface area is 214 Å². The number of allylic oxidation sites excluding steroid dienone is 1. The van der Waals surface area contributed by atoms with Crippen LogP contribution < -0.4 is 10.1 Å². The van der Waals surface area contributed by atoms with Gasteiger partial charge in [-0.15, -0.1) is 5.10 Å². The molecule has 2 heterocycles. The molecule has 9 heteroatoms. The minimum Gasteiger partial charge on any atom is -0.489 e. The van der Waals surface area contributed by atoms with Crippen molar-refractivity contribution < 1.29 is 14.3 Å². The zero-order valence-electron chi connectivity index (χ0n) is 19.7. The molecule has 35 heavy (non-hydrogen) atoms. The molecule has 1 aliphatic rings. The predicted octanol–water partition coefficient (Wildman–Crippen LogP) is 6.03. The molecule has 0 radical (unpaired) electrons. The number of thioether (sulfide) groups is 1. The number of carbonyl (C=O) groups is 1. The third-order valence-corrected chi connectivity index (χ3v) is 6.61. The molecule has 1 aromatic heterocycles. The average molecular weight is 511 g/mol. The number of anilines is 1. The van der Waals surface area contributed by atoms with E-state index in [0.29, 0.717) is 39.8 Å². The van der Waals surface area contributed by atoms with Gasteiger partial charge in [-0.2, -0.15) is 4.98 Å². The van der Waals surface area contributed by atoms with Crippen LogP contribution in [0.4, 0.5) is 5.95 Å². The fourth-order valence-corrected chi connectivity index (χ4v) is 4.50.